The van der Waals surface area contributed by atoms with Gasteiger partial charge in [-0.25, -0.2) is 9.59 Å². The molecule has 0 radical (unpaired) electrons. The van der Waals surface area contributed by atoms with Crippen LogP contribution < -0.4 is 9.64 Å². The lowest BCUT2D eigenvalue weighted by Crippen LogP contribution is -2.47. The number of carboxylic acids is 1. The van der Waals surface area contributed by atoms with E-state index in [1.54, 1.807) is 31.3 Å². The van der Waals surface area contributed by atoms with Crippen molar-refractivity contribution in [2.75, 3.05) is 25.6 Å². The van der Waals surface area contributed by atoms with Crippen LogP contribution in [0.5, 0.6) is 5.75 Å². The molecule has 114 valence electrons. The topological polar surface area (TPSA) is 90.3 Å². The predicted octanol–water partition coefficient (Wildman–Crippen LogP) is 0.771. The van der Waals surface area contributed by atoms with E-state index in [-0.39, 0.29) is 13.0 Å². The van der Waals surface area contributed by atoms with Gasteiger partial charge in [0.25, 0.3) is 0 Å². The van der Waals surface area contributed by atoms with E-state index in [1.165, 1.54) is 16.9 Å². The van der Waals surface area contributed by atoms with Gasteiger partial charge in [-0.05, 0) is 12.1 Å². The lowest BCUT2D eigenvalue weighted by Gasteiger charge is -2.27. The number of aliphatic carboxylic acids is 1. The number of hydrogen-bond acceptors (Lipinski definition) is 4. The zero-order chi connectivity index (χ0) is 15.6. The van der Waals surface area contributed by atoms with Gasteiger partial charge in [-0.15, -0.1) is 0 Å². The van der Waals surface area contributed by atoms with Crippen LogP contribution in [0.2, 0.25) is 0 Å². The fraction of sp³-hybridized carbons (Fsp3) is 0.429. The first-order valence-corrected chi connectivity index (χ1v) is 6.53. The van der Waals surface area contributed by atoms with Crippen LogP contribution in [-0.4, -0.2) is 60.0 Å². The third kappa shape index (κ3) is 3.08. The van der Waals surface area contributed by atoms with Gasteiger partial charge in [0.15, 0.2) is 0 Å². The number of likely N-dealkylation sites (tertiary alicyclic amines) is 1. The number of methoxy groups -OCH3 is 1. The first-order valence-electron chi connectivity index (χ1n) is 6.53. The van der Waals surface area contributed by atoms with Crippen molar-refractivity contribution in [2.45, 2.75) is 18.6 Å². The first-order chi connectivity index (χ1) is 9.93. The van der Waals surface area contributed by atoms with Crippen LogP contribution in [-0.2, 0) is 4.79 Å². The number of carbonyl (C=O) groups excluding carboxylic acids is 1. The van der Waals surface area contributed by atoms with Gasteiger partial charge in [0.05, 0.1) is 13.2 Å². The summed E-state index contributed by atoms with van der Waals surface area (Å²) < 4.78 is 5.10. The molecule has 21 heavy (non-hydrogen) atoms. The Morgan fingerprint density at radius 1 is 1.43 bits per heavy atom. The minimum atomic E-state index is -1.11. The summed E-state index contributed by atoms with van der Waals surface area (Å²) in [5.74, 6) is -0.512. The van der Waals surface area contributed by atoms with Crippen LogP contribution in [0.3, 0.4) is 0 Å². The van der Waals surface area contributed by atoms with Crippen molar-refractivity contribution in [3.05, 3.63) is 24.3 Å². The number of rotatable bonds is 3. The normalized spacial score (nSPS) is 21.2. The summed E-state index contributed by atoms with van der Waals surface area (Å²) in [7, 11) is 3.08. The van der Waals surface area contributed by atoms with E-state index in [4.69, 9.17) is 9.84 Å². The Labute approximate surface area is 122 Å². The second kappa shape index (κ2) is 6.01. The van der Waals surface area contributed by atoms with E-state index in [0.29, 0.717) is 11.4 Å². The molecule has 2 amide bonds. The number of aliphatic hydroxyl groups excluding tert-OH is 1. The Morgan fingerprint density at radius 2 is 2.14 bits per heavy atom. The molecule has 7 heteroatoms. The van der Waals surface area contributed by atoms with Gasteiger partial charge in [0.2, 0.25) is 0 Å². The predicted molar refractivity (Wildman–Crippen MR) is 75.5 cm³/mol. The number of urea groups is 1. The number of hydrogen-bond donors (Lipinski definition) is 2. The van der Waals surface area contributed by atoms with Crippen LogP contribution in [0.1, 0.15) is 6.42 Å². The Morgan fingerprint density at radius 3 is 2.76 bits per heavy atom. The van der Waals surface area contributed by atoms with E-state index >= 15 is 0 Å². The van der Waals surface area contributed by atoms with E-state index in [9.17, 15) is 14.7 Å². The third-order valence-electron chi connectivity index (χ3n) is 3.54. The highest BCUT2D eigenvalue weighted by atomic mass is 16.5. The highest BCUT2D eigenvalue weighted by molar-refractivity contribution is 5.94. The largest absolute Gasteiger partial charge is 0.497 e. The van der Waals surface area contributed by atoms with Crippen molar-refractivity contribution in [1.82, 2.24) is 4.90 Å². The van der Waals surface area contributed by atoms with Crippen LogP contribution >= 0.6 is 0 Å². The van der Waals surface area contributed by atoms with E-state index in [1.807, 2.05) is 0 Å². The second-order valence-corrected chi connectivity index (χ2v) is 4.94. The summed E-state index contributed by atoms with van der Waals surface area (Å²) in [4.78, 5) is 26.1. The van der Waals surface area contributed by atoms with Gasteiger partial charge in [0.1, 0.15) is 11.8 Å². The van der Waals surface area contributed by atoms with E-state index < -0.39 is 24.1 Å². The molecule has 0 aromatic heterocycles. The molecule has 1 aromatic carbocycles. The fourth-order valence-corrected chi connectivity index (χ4v) is 2.38. The van der Waals surface area contributed by atoms with Gasteiger partial charge < -0.3 is 19.8 Å². The Kier molecular flexibility index (Phi) is 4.32. The lowest BCUT2D eigenvalue weighted by molar-refractivity contribution is -0.141. The molecule has 1 heterocycles. The molecule has 2 atom stereocenters. The number of nitrogens with zero attached hydrogens (tertiary/aromatic N) is 2. The molecular formula is C14H18N2O5. The van der Waals surface area contributed by atoms with Crippen LogP contribution in [0.15, 0.2) is 24.3 Å². The molecule has 1 aliphatic heterocycles. The van der Waals surface area contributed by atoms with Crippen molar-refractivity contribution >= 4 is 17.7 Å². The van der Waals surface area contributed by atoms with Gasteiger partial charge >= 0.3 is 12.0 Å². The van der Waals surface area contributed by atoms with Gasteiger partial charge in [-0.2, -0.15) is 0 Å². The molecule has 2 unspecified atom stereocenters. The molecule has 1 saturated heterocycles. The Hall–Kier alpha value is -2.28. The molecule has 2 rings (SSSR count). The maximum Gasteiger partial charge on any atom is 0.326 e. The second-order valence-electron chi connectivity index (χ2n) is 4.94. The van der Waals surface area contributed by atoms with Crippen molar-refractivity contribution in [3.63, 3.8) is 0 Å². The number of β-amino-alcohol motifs (C(OH)–C–C–N with tert-alkyl or cyclic N) is 1. The highest BCUT2D eigenvalue weighted by Gasteiger charge is 2.40. The molecule has 1 aliphatic rings. The molecule has 7 nitrogen and oxygen atoms in total. The molecule has 0 bridgehead atoms. The van der Waals surface area contributed by atoms with Crippen molar-refractivity contribution in [2.24, 2.45) is 0 Å². The number of carbonyl (C=O) groups is 2. The maximum atomic E-state index is 12.4. The van der Waals surface area contributed by atoms with Crippen LogP contribution in [0.25, 0.3) is 0 Å². The van der Waals surface area contributed by atoms with E-state index in [0.717, 1.165) is 0 Å². The number of aliphatic hydroxyl groups is 1. The average molecular weight is 294 g/mol. The fourth-order valence-electron chi connectivity index (χ4n) is 2.38. The lowest BCUT2D eigenvalue weighted by atomic mass is 10.2. The van der Waals surface area contributed by atoms with Gasteiger partial charge in [0, 0.05) is 31.8 Å². The average Bonchev–Trinajstić information content (AvgIpc) is 2.88. The quantitative estimate of drug-likeness (QED) is 0.859. The standard InChI is InChI=1S/C14H18N2O5/c1-15(9-4-3-5-11(6-9)21-2)14(20)16-8-10(17)7-12(16)13(18)19/h3-6,10,12,17H,7-8H2,1-2H3,(H,18,19). The summed E-state index contributed by atoms with van der Waals surface area (Å²) in [6.07, 6.45) is -0.763. The van der Waals surface area contributed by atoms with Crippen molar-refractivity contribution < 1.29 is 24.5 Å². The minimum Gasteiger partial charge on any atom is -0.497 e. The molecular weight excluding hydrogens is 276 g/mol. The zero-order valence-corrected chi connectivity index (χ0v) is 11.9. The molecule has 1 fully saturated rings. The summed E-state index contributed by atoms with van der Waals surface area (Å²) >= 11 is 0. The maximum absolute atomic E-state index is 12.4. The van der Waals surface area contributed by atoms with Gasteiger partial charge in [-0.1, -0.05) is 6.07 Å². The van der Waals surface area contributed by atoms with E-state index in [2.05, 4.69) is 0 Å². The molecule has 0 spiro atoms. The monoisotopic (exact) mass is 294 g/mol. The highest BCUT2D eigenvalue weighted by Crippen LogP contribution is 2.24. The van der Waals surface area contributed by atoms with Crippen molar-refractivity contribution in [3.8, 4) is 5.75 Å². The third-order valence-corrected chi connectivity index (χ3v) is 3.54. The Balaban J connectivity index is 2.20. The molecule has 0 aliphatic carbocycles. The van der Waals surface area contributed by atoms with Crippen LogP contribution in [0.4, 0.5) is 10.5 Å². The molecule has 0 saturated carbocycles. The Bertz CT molecular complexity index is 548. The molecule has 2 N–H and O–H groups in total. The summed E-state index contributed by atoms with van der Waals surface area (Å²) in [5, 5.41) is 18.7. The smallest absolute Gasteiger partial charge is 0.326 e. The molecule has 1 aromatic rings. The van der Waals surface area contributed by atoms with Crippen LogP contribution in [0, 0.1) is 0 Å². The van der Waals surface area contributed by atoms with Crippen molar-refractivity contribution in [1.29, 1.82) is 0 Å². The number of ether oxygens (including phenoxy) is 1. The number of amides is 2. The summed E-state index contributed by atoms with van der Waals surface area (Å²) in [5.41, 5.74) is 0.588. The summed E-state index contributed by atoms with van der Waals surface area (Å²) in [6.45, 7) is 0.0180. The summed E-state index contributed by atoms with van der Waals surface area (Å²) in [6, 6.07) is 5.43. The minimum absolute atomic E-state index is 0.0180. The SMILES string of the molecule is COc1cccc(N(C)C(=O)N2CC(O)CC2C(=O)O)c1. The van der Waals surface area contributed by atoms with Gasteiger partial charge in [-0.3, -0.25) is 4.90 Å². The first kappa shape index (κ1) is 15.1. The number of carboxylic acid groups (broad SMARTS) is 1. The number of benzene rings is 1. The zero-order valence-electron chi connectivity index (χ0n) is 11.9. The number of anilines is 1.